The third-order valence-electron chi connectivity index (χ3n) is 3.39. The van der Waals surface area contributed by atoms with E-state index in [-0.39, 0.29) is 5.91 Å². The lowest BCUT2D eigenvalue weighted by atomic mass is 10.1. The molecule has 0 aliphatic heterocycles. The molecule has 0 aliphatic carbocycles. The van der Waals surface area contributed by atoms with Gasteiger partial charge in [0.2, 0.25) is 0 Å². The molecule has 4 nitrogen and oxygen atoms in total. The number of hydrogen-bond donors (Lipinski definition) is 1. The van der Waals surface area contributed by atoms with E-state index in [0.29, 0.717) is 5.56 Å². The Balaban J connectivity index is 1.90. The van der Waals surface area contributed by atoms with Crippen LogP contribution in [0, 0.1) is 0 Å². The number of aromatic amines is 1. The van der Waals surface area contributed by atoms with Gasteiger partial charge in [-0.2, -0.15) is 5.10 Å². The van der Waals surface area contributed by atoms with Crippen LogP contribution in [-0.2, 0) is 0 Å². The molecule has 0 atom stereocenters. The van der Waals surface area contributed by atoms with Gasteiger partial charge in [0, 0.05) is 30.1 Å². The first-order valence-corrected chi connectivity index (χ1v) is 6.68. The molecular formula is C17H15N3O. The van der Waals surface area contributed by atoms with Crippen LogP contribution in [0.25, 0.3) is 11.1 Å². The van der Waals surface area contributed by atoms with Crippen LogP contribution in [0.5, 0.6) is 0 Å². The third-order valence-corrected chi connectivity index (χ3v) is 3.39. The smallest absolute Gasteiger partial charge is 0.258 e. The minimum Gasteiger partial charge on any atom is -0.311 e. The summed E-state index contributed by atoms with van der Waals surface area (Å²) in [6.07, 6.45) is 3.55. The molecule has 0 fully saturated rings. The van der Waals surface area contributed by atoms with Crippen LogP contribution in [-0.4, -0.2) is 23.2 Å². The number of H-pyrrole nitrogens is 1. The highest BCUT2D eigenvalue weighted by Gasteiger charge is 2.13. The van der Waals surface area contributed by atoms with Crippen molar-refractivity contribution in [2.75, 3.05) is 11.9 Å². The number of carbonyl (C=O) groups excluding carboxylic acids is 1. The highest BCUT2D eigenvalue weighted by atomic mass is 16.2. The fourth-order valence-electron chi connectivity index (χ4n) is 2.20. The van der Waals surface area contributed by atoms with E-state index < -0.39 is 0 Å². The molecule has 0 saturated carbocycles. The standard InChI is InChI=1S/C17H15N3O/c1-20(16-8-3-2-4-9-16)17(21)14-7-5-6-13(10-14)15-11-18-19-12-15/h2-12H,1H3,(H,18,19). The lowest BCUT2D eigenvalue weighted by Crippen LogP contribution is -2.26. The molecule has 1 N–H and O–H groups in total. The Hall–Kier alpha value is -2.88. The average molecular weight is 277 g/mol. The molecule has 0 aliphatic rings. The SMILES string of the molecule is CN(C(=O)c1cccc(-c2cn[nH]c2)c1)c1ccccc1. The average Bonchev–Trinajstić information content (AvgIpc) is 3.09. The summed E-state index contributed by atoms with van der Waals surface area (Å²) in [5.74, 6) is -0.0356. The van der Waals surface area contributed by atoms with Crippen molar-refractivity contribution in [1.82, 2.24) is 10.2 Å². The van der Waals surface area contributed by atoms with Gasteiger partial charge in [0.15, 0.2) is 0 Å². The molecule has 0 saturated heterocycles. The van der Waals surface area contributed by atoms with Gasteiger partial charge in [0.05, 0.1) is 6.20 Å². The van der Waals surface area contributed by atoms with Gasteiger partial charge in [-0.1, -0.05) is 30.3 Å². The summed E-state index contributed by atoms with van der Waals surface area (Å²) in [5.41, 5.74) is 3.46. The molecule has 0 radical (unpaired) electrons. The van der Waals surface area contributed by atoms with Crippen LogP contribution < -0.4 is 4.90 Å². The maximum Gasteiger partial charge on any atom is 0.258 e. The Morgan fingerprint density at radius 2 is 1.86 bits per heavy atom. The largest absolute Gasteiger partial charge is 0.311 e. The number of hydrogen-bond acceptors (Lipinski definition) is 2. The summed E-state index contributed by atoms with van der Waals surface area (Å²) in [7, 11) is 1.78. The van der Waals surface area contributed by atoms with Gasteiger partial charge in [-0.15, -0.1) is 0 Å². The van der Waals surface area contributed by atoms with Gasteiger partial charge < -0.3 is 4.90 Å². The van der Waals surface area contributed by atoms with Crippen molar-refractivity contribution in [3.8, 4) is 11.1 Å². The summed E-state index contributed by atoms with van der Waals surface area (Å²) in [5, 5.41) is 6.72. The number of nitrogens with zero attached hydrogens (tertiary/aromatic N) is 2. The molecule has 4 heteroatoms. The highest BCUT2D eigenvalue weighted by Crippen LogP contribution is 2.21. The number of anilines is 1. The van der Waals surface area contributed by atoms with E-state index in [4.69, 9.17) is 0 Å². The van der Waals surface area contributed by atoms with Crippen molar-refractivity contribution in [3.63, 3.8) is 0 Å². The molecule has 0 bridgehead atoms. The number of carbonyl (C=O) groups is 1. The second kappa shape index (κ2) is 5.63. The Labute approximate surface area is 123 Å². The molecule has 3 rings (SSSR count). The van der Waals surface area contributed by atoms with Crippen molar-refractivity contribution in [1.29, 1.82) is 0 Å². The zero-order valence-corrected chi connectivity index (χ0v) is 11.7. The van der Waals surface area contributed by atoms with Gasteiger partial charge >= 0.3 is 0 Å². The third kappa shape index (κ3) is 2.69. The van der Waals surface area contributed by atoms with E-state index in [1.165, 1.54) is 0 Å². The Morgan fingerprint density at radius 1 is 1.05 bits per heavy atom. The molecule has 104 valence electrons. The van der Waals surface area contributed by atoms with Crippen LogP contribution in [0.15, 0.2) is 67.0 Å². The summed E-state index contributed by atoms with van der Waals surface area (Å²) in [6.45, 7) is 0. The maximum absolute atomic E-state index is 12.6. The van der Waals surface area contributed by atoms with Crippen molar-refractivity contribution < 1.29 is 4.79 Å². The predicted octanol–water partition coefficient (Wildman–Crippen LogP) is 3.35. The van der Waals surface area contributed by atoms with Crippen LogP contribution in [0.4, 0.5) is 5.69 Å². The second-order valence-corrected chi connectivity index (χ2v) is 4.77. The number of amides is 1. The maximum atomic E-state index is 12.6. The summed E-state index contributed by atoms with van der Waals surface area (Å²) in [6, 6.07) is 17.1. The summed E-state index contributed by atoms with van der Waals surface area (Å²) < 4.78 is 0. The van der Waals surface area contributed by atoms with E-state index in [9.17, 15) is 4.79 Å². The first-order chi connectivity index (χ1) is 10.3. The highest BCUT2D eigenvalue weighted by molar-refractivity contribution is 6.06. The van der Waals surface area contributed by atoms with Crippen LogP contribution >= 0.6 is 0 Å². The molecule has 21 heavy (non-hydrogen) atoms. The zero-order chi connectivity index (χ0) is 14.7. The number of para-hydroxylation sites is 1. The molecule has 0 unspecified atom stereocenters. The van der Waals surface area contributed by atoms with Crippen LogP contribution in [0.2, 0.25) is 0 Å². The second-order valence-electron chi connectivity index (χ2n) is 4.77. The van der Waals surface area contributed by atoms with Crippen molar-refractivity contribution in [2.45, 2.75) is 0 Å². The monoisotopic (exact) mass is 277 g/mol. The minimum absolute atomic E-state index is 0.0356. The van der Waals surface area contributed by atoms with Gasteiger partial charge in [-0.25, -0.2) is 0 Å². The van der Waals surface area contributed by atoms with Gasteiger partial charge in [-0.3, -0.25) is 9.89 Å². The number of benzene rings is 2. The Morgan fingerprint density at radius 3 is 2.57 bits per heavy atom. The number of nitrogens with one attached hydrogen (secondary N) is 1. The molecule has 3 aromatic rings. The zero-order valence-electron chi connectivity index (χ0n) is 11.7. The lowest BCUT2D eigenvalue weighted by molar-refractivity contribution is 0.0993. The number of aromatic nitrogens is 2. The quantitative estimate of drug-likeness (QED) is 0.798. The summed E-state index contributed by atoms with van der Waals surface area (Å²) in [4.78, 5) is 14.2. The Bertz CT molecular complexity index is 736. The molecule has 2 aromatic carbocycles. The Kier molecular flexibility index (Phi) is 3.51. The van der Waals surface area contributed by atoms with E-state index in [1.54, 1.807) is 18.1 Å². The fourth-order valence-corrected chi connectivity index (χ4v) is 2.20. The van der Waals surface area contributed by atoms with Crippen LogP contribution in [0.3, 0.4) is 0 Å². The molecule has 0 spiro atoms. The van der Waals surface area contributed by atoms with Crippen molar-refractivity contribution >= 4 is 11.6 Å². The number of rotatable bonds is 3. The van der Waals surface area contributed by atoms with E-state index in [0.717, 1.165) is 16.8 Å². The van der Waals surface area contributed by atoms with E-state index >= 15 is 0 Å². The first kappa shape index (κ1) is 13.1. The normalized spacial score (nSPS) is 10.3. The topological polar surface area (TPSA) is 49.0 Å². The molecule has 1 aromatic heterocycles. The van der Waals surface area contributed by atoms with E-state index in [2.05, 4.69) is 10.2 Å². The molecule has 1 heterocycles. The van der Waals surface area contributed by atoms with Gasteiger partial charge in [-0.05, 0) is 29.8 Å². The van der Waals surface area contributed by atoms with Gasteiger partial charge in [0.1, 0.15) is 0 Å². The minimum atomic E-state index is -0.0356. The van der Waals surface area contributed by atoms with Crippen LogP contribution in [0.1, 0.15) is 10.4 Å². The fraction of sp³-hybridized carbons (Fsp3) is 0.0588. The molecular weight excluding hydrogens is 262 g/mol. The lowest BCUT2D eigenvalue weighted by Gasteiger charge is -2.17. The van der Waals surface area contributed by atoms with Crippen molar-refractivity contribution in [3.05, 3.63) is 72.6 Å². The van der Waals surface area contributed by atoms with Crippen molar-refractivity contribution in [2.24, 2.45) is 0 Å². The van der Waals surface area contributed by atoms with Gasteiger partial charge in [0.25, 0.3) is 5.91 Å². The molecule has 1 amide bonds. The predicted molar refractivity (Wildman–Crippen MR) is 83.2 cm³/mol. The summed E-state index contributed by atoms with van der Waals surface area (Å²) >= 11 is 0. The van der Waals surface area contributed by atoms with E-state index in [1.807, 2.05) is 60.8 Å². The first-order valence-electron chi connectivity index (χ1n) is 6.68.